The zero-order valence-corrected chi connectivity index (χ0v) is 12.5. The molecule has 25 heavy (non-hydrogen) atoms. The number of carboxylic acids is 1. The van der Waals surface area contributed by atoms with E-state index in [0.717, 1.165) is 0 Å². The summed E-state index contributed by atoms with van der Waals surface area (Å²) < 4.78 is 28.2. The minimum absolute atomic E-state index is 0.114. The Balaban J connectivity index is 1.85. The van der Waals surface area contributed by atoms with E-state index in [1.807, 2.05) is 0 Å². The number of carboxylic acid groups (broad SMARTS) is 1. The second-order valence-corrected chi connectivity index (χ2v) is 4.94. The minimum Gasteiger partial charge on any atom is -0.478 e. The number of anilines is 1. The van der Waals surface area contributed by atoms with Crippen LogP contribution in [-0.2, 0) is 0 Å². The van der Waals surface area contributed by atoms with Crippen LogP contribution in [0.3, 0.4) is 0 Å². The van der Waals surface area contributed by atoms with E-state index >= 15 is 0 Å². The van der Waals surface area contributed by atoms with Gasteiger partial charge in [-0.2, -0.15) is 0 Å². The van der Waals surface area contributed by atoms with E-state index < -0.39 is 29.1 Å². The smallest absolute Gasteiger partial charge is 0.337 e. The summed E-state index contributed by atoms with van der Waals surface area (Å²) in [5, 5.41) is 18.9. The number of rotatable bonds is 4. The fourth-order valence-corrected chi connectivity index (χ4v) is 2.08. The highest BCUT2D eigenvalue weighted by atomic mass is 19.2. The van der Waals surface area contributed by atoms with Crippen molar-refractivity contribution in [3.05, 3.63) is 71.7 Å². The summed E-state index contributed by atoms with van der Waals surface area (Å²) >= 11 is 0. The fourth-order valence-electron chi connectivity index (χ4n) is 2.08. The van der Waals surface area contributed by atoms with E-state index in [9.17, 15) is 18.4 Å². The van der Waals surface area contributed by atoms with E-state index in [1.54, 1.807) is 29.1 Å². The average Bonchev–Trinajstić information content (AvgIpc) is 3.12. The molecule has 0 aliphatic carbocycles. The van der Waals surface area contributed by atoms with Crippen LogP contribution < -0.4 is 5.32 Å². The average molecular weight is 344 g/mol. The van der Waals surface area contributed by atoms with Crippen LogP contribution in [0, 0.1) is 11.6 Å². The van der Waals surface area contributed by atoms with Crippen LogP contribution in [-0.4, -0.2) is 31.7 Å². The second-order valence-electron chi connectivity index (χ2n) is 4.94. The second kappa shape index (κ2) is 6.48. The molecule has 0 fully saturated rings. The molecule has 0 radical (unpaired) electrons. The number of nitrogens with zero attached hydrogens (tertiary/aromatic N) is 3. The summed E-state index contributed by atoms with van der Waals surface area (Å²) in [4.78, 5) is 23.3. The SMILES string of the molecule is O=C(Nc1cc(F)c(F)cc1C(=O)O)c1ccc(-n2cccc2)nn1. The third-order valence-electron chi connectivity index (χ3n) is 3.29. The molecule has 0 spiro atoms. The first-order chi connectivity index (χ1) is 12.0. The van der Waals surface area contributed by atoms with E-state index in [4.69, 9.17) is 5.11 Å². The maximum absolute atomic E-state index is 13.3. The molecule has 7 nitrogen and oxygen atoms in total. The van der Waals surface area contributed by atoms with Crippen molar-refractivity contribution in [2.45, 2.75) is 0 Å². The number of hydrogen-bond acceptors (Lipinski definition) is 4. The van der Waals surface area contributed by atoms with Gasteiger partial charge in [-0.1, -0.05) is 0 Å². The monoisotopic (exact) mass is 344 g/mol. The molecule has 0 aliphatic heterocycles. The Labute approximate surface area is 139 Å². The van der Waals surface area contributed by atoms with Crippen molar-refractivity contribution in [3.63, 3.8) is 0 Å². The molecule has 0 unspecified atom stereocenters. The Morgan fingerprint density at radius 1 is 1.04 bits per heavy atom. The van der Waals surface area contributed by atoms with Gasteiger partial charge in [0.05, 0.1) is 11.3 Å². The number of halogens is 2. The van der Waals surface area contributed by atoms with Crippen molar-refractivity contribution >= 4 is 17.6 Å². The molecule has 0 saturated heterocycles. The lowest BCUT2D eigenvalue weighted by atomic mass is 10.1. The van der Waals surface area contributed by atoms with Crippen molar-refractivity contribution < 1.29 is 23.5 Å². The van der Waals surface area contributed by atoms with Gasteiger partial charge in [0.1, 0.15) is 0 Å². The number of nitrogens with one attached hydrogen (secondary N) is 1. The molecule has 126 valence electrons. The van der Waals surface area contributed by atoms with Gasteiger partial charge in [0.2, 0.25) is 0 Å². The number of amides is 1. The Morgan fingerprint density at radius 2 is 1.72 bits per heavy atom. The van der Waals surface area contributed by atoms with Crippen LogP contribution in [0.15, 0.2) is 48.8 Å². The van der Waals surface area contributed by atoms with Crippen LogP contribution >= 0.6 is 0 Å². The Morgan fingerprint density at radius 3 is 2.32 bits per heavy atom. The number of aromatic nitrogens is 3. The largest absolute Gasteiger partial charge is 0.478 e. The molecule has 0 atom stereocenters. The fraction of sp³-hybridized carbons (Fsp3) is 0. The van der Waals surface area contributed by atoms with Gasteiger partial charge in [0.15, 0.2) is 23.1 Å². The predicted octanol–water partition coefficient (Wildman–Crippen LogP) is 2.50. The van der Waals surface area contributed by atoms with Gasteiger partial charge in [-0.25, -0.2) is 13.6 Å². The molecule has 1 amide bonds. The first kappa shape index (κ1) is 16.2. The molecule has 2 N–H and O–H groups in total. The van der Waals surface area contributed by atoms with Crippen LogP contribution in [0.25, 0.3) is 5.82 Å². The lowest BCUT2D eigenvalue weighted by Crippen LogP contribution is -2.17. The highest BCUT2D eigenvalue weighted by Gasteiger charge is 2.18. The molecule has 3 rings (SSSR count). The van der Waals surface area contributed by atoms with Crippen molar-refractivity contribution in [2.24, 2.45) is 0 Å². The van der Waals surface area contributed by atoms with Gasteiger partial charge in [0, 0.05) is 18.5 Å². The van der Waals surface area contributed by atoms with Gasteiger partial charge in [-0.15, -0.1) is 10.2 Å². The van der Waals surface area contributed by atoms with Crippen LogP contribution in [0.2, 0.25) is 0 Å². The Hall–Kier alpha value is -3.62. The molecule has 2 aromatic heterocycles. The summed E-state index contributed by atoms with van der Waals surface area (Å²) in [5.41, 5.74) is -1.08. The molecule has 0 aliphatic rings. The maximum atomic E-state index is 13.3. The summed E-state index contributed by atoms with van der Waals surface area (Å²) in [7, 11) is 0. The van der Waals surface area contributed by atoms with Crippen LogP contribution in [0.1, 0.15) is 20.8 Å². The number of carbonyl (C=O) groups is 2. The molecule has 1 aromatic carbocycles. The van der Waals surface area contributed by atoms with E-state index in [2.05, 4.69) is 15.5 Å². The van der Waals surface area contributed by atoms with Gasteiger partial charge in [-0.05, 0) is 30.3 Å². The van der Waals surface area contributed by atoms with Gasteiger partial charge >= 0.3 is 5.97 Å². The summed E-state index contributed by atoms with van der Waals surface area (Å²) in [6.07, 6.45) is 3.48. The van der Waals surface area contributed by atoms with Gasteiger partial charge < -0.3 is 15.0 Å². The molecule has 2 heterocycles. The summed E-state index contributed by atoms with van der Waals surface area (Å²) in [6.45, 7) is 0. The number of aromatic carboxylic acids is 1. The topological polar surface area (TPSA) is 97.1 Å². The third-order valence-corrected chi connectivity index (χ3v) is 3.29. The number of carbonyl (C=O) groups excluding carboxylic acids is 1. The van der Waals surface area contributed by atoms with Gasteiger partial charge in [-0.3, -0.25) is 4.79 Å². The molecule has 3 aromatic rings. The van der Waals surface area contributed by atoms with Crippen molar-refractivity contribution in [1.82, 2.24) is 14.8 Å². The molecule has 0 saturated carbocycles. The first-order valence-electron chi connectivity index (χ1n) is 6.96. The van der Waals surface area contributed by atoms with Gasteiger partial charge in [0.25, 0.3) is 5.91 Å². The molecule has 9 heteroatoms. The zero-order chi connectivity index (χ0) is 18.0. The molecular formula is C16H10F2N4O3. The minimum atomic E-state index is -1.51. The Bertz CT molecular complexity index is 941. The van der Waals surface area contributed by atoms with E-state index in [-0.39, 0.29) is 11.4 Å². The maximum Gasteiger partial charge on any atom is 0.337 e. The lowest BCUT2D eigenvalue weighted by Gasteiger charge is -2.09. The van der Waals surface area contributed by atoms with Crippen molar-refractivity contribution in [1.29, 1.82) is 0 Å². The quantitative estimate of drug-likeness (QED) is 0.758. The third kappa shape index (κ3) is 3.34. The normalized spacial score (nSPS) is 10.5. The summed E-state index contributed by atoms with van der Waals surface area (Å²) in [6, 6.07) is 7.58. The van der Waals surface area contributed by atoms with Crippen molar-refractivity contribution in [3.8, 4) is 5.82 Å². The number of hydrogen-bond donors (Lipinski definition) is 2. The molecule has 0 bridgehead atoms. The standard InChI is InChI=1S/C16H10F2N4O3/c17-10-7-9(16(24)25)13(8-11(10)18)19-15(23)12-3-4-14(21-20-12)22-5-1-2-6-22/h1-8H,(H,19,23)(H,24,25). The highest BCUT2D eigenvalue weighted by molar-refractivity contribution is 6.06. The Kier molecular flexibility index (Phi) is 4.21. The lowest BCUT2D eigenvalue weighted by molar-refractivity contribution is 0.0697. The predicted molar refractivity (Wildman–Crippen MR) is 82.6 cm³/mol. The number of benzene rings is 1. The van der Waals surface area contributed by atoms with Crippen LogP contribution in [0.5, 0.6) is 0 Å². The zero-order valence-electron chi connectivity index (χ0n) is 12.5. The summed E-state index contributed by atoms with van der Waals surface area (Å²) in [5.74, 6) is -4.45. The van der Waals surface area contributed by atoms with Crippen molar-refractivity contribution in [2.75, 3.05) is 5.32 Å². The van der Waals surface area contributed by atoms with Crippen LogP contribution in [0.4, 0.5) is 14.5 Å². The van der Waals surface area contributed by atoms with E-state index in [1.165, 1.54) is 12.1 Å². The highest BCUT2D eigenvalue weighted by Crippen LogP contribution is 2.21. The van der Waals surface area contributed by atoms with E-state index in [0.29, 0.717) is 18.0 Å². The molecular weight excluding hydrogens is 334 g/mol. The first-order valence-corrected chi connectivity index (χ1v) is 6.96.